The van der Waals surface area contributed by atoms with E-state index in [1.807, 2.05) is 39.0 Å². The smallest absolute Gasteiger partial charge is 0.323 e. The largest absolute Gasteiger partial charge is 0.496 e. The Morgan fingerprint density at radius 2 is 2.00 bits per heavy atom. The molecule has 1 N–H and O–H groups in total. The second-order valence-corrected chi connectivity index (χ2v) is 5.54. The van der Waals surface area contributed by atoms with Gasteiger partial charge in [0.1, 0.15) is 12.3 Å². The summed E-state index contributed by atoms with van der Waals surface area (Å²) in [5, 5.41) is 8.92. The molecule has 0 saturated carbocycles. The van der Waals surface area contributed by atoms with Crippen molar-refractivity contribution in [2.24, 2.45) is 5.92 Å². The van der Waals surface area contributed by atoms with Crippen LogP contribution in [0.1, 0.15) is 25.0 Å². The highest BCUT2D eigenvalue weighted by Crippen LogP contribution is 2.19. The maximum atomic E-state index is 12.3. The maximum absolute atomic E-state index is 12.3. The molecule has 1 amide bonds. The van der Waals surface area contributed by atoms with Crippen LogP contribution < -0.4 is 4.74 Å². The number of aliphatic carboxylic acids is 1. The molecule has 116 valence electrons. The number of carbonyl (C=O) groups is 2. The Labute approximate surface area is 125 Å². The zero-order valence-corrected chi connectivity index (χ0v) is 13.0. The normalized spacial score (nSPS) is 10.5. The van der Waals surface area contributed by atoms with Gasteiger partial charge in [-0.05, 0) is 30.0 Å². The van der Waals surface area contributed by atoms with Gasteiger partial charge in [-0.2, -0.15) is 0 Å². The van der Waals surface area contributed by atoms with Gasteiger partial charge in [0, 0.05) is 6.54 Å². The summed E-state index contributed by atoms with van der Waals surface area (Å²) >= 11 is 0. The molecule has 5 heteroatoms. The van der Waals surface area contributed by atoms with Crippen LogP contribution in [0.4, 0.5) is 0 Å². The number of nitrogens with zero attached hydrogens (tertiary/aromatic N) is 1. The van der Waals surface area contributed by atoms with E-state index < -0.39 is 5.97 Å². The fourth-order valence-corrected chi connectivity index (χ4v) is 2.12. The molecular weight excluding hydrogens is 270 g/mol. The van der Waals surface area contributed by atoms with Crippen LogP contribution in [0.3, 0.4) is 0 Å². The molecule has 21 heavy (non-hydrogen) atoms. The van der Waals surface area contributed by atoms with Crippen molar-refractivity contribution >= 4 is 11.9 Å². The molecule has 0 atom stereocenters. The van der Waals surface area contributed by atoms with Gasteiger partial charge < -0.3 is 14.7 Å². The number of ether oxygens (including phenoxy) is 1. The third-order valence-corrected chi connectivity index (χ3v) is 3.09. The summed E-state index contributed by atoms with van der Waals surface area (Å²) in [4.78, 5) is 24.6. The summed E-state index contributed by atoms with van der Waals surface area (Å²) < 4.78 is 5.24. The van der Waals surface area contributed by atoms with Crippen molar-refractivity contribution in [1.29, 1.82) is 0 Å². The molecule has 0 fully saturated rings. The monoisotopic (exact) mass is 293 g/mol. The lowest BCUT2D eigenvalue weighted by Gasteiger charge is -2.23. The van der Waals surface area contributed by atoms with Crippen LogP contribution in [0.15, 0.2) is 18.2 Å². The molecule has 1 aromatic carbocycles. The van der Waals surface area contributed by atoms with E-state index in [0.717, 1.165) is 16.9 Å². The third kappa shape index (κ3) is 5.45. The van der Waals surface area contributed by atoms with E-state index in [2.05, 4.69) is 0 Å². The van der Waals surface area contributed by atoms with E-state index >= 15 is 0 Å². The average molecular weight is 293 g/mol. The molecule has 1 rings (SSSR count). The molecular formula is C16H23NO4. The first-order valence-corrected chi connectivity index (χ1v) is 6.96. The lowest BCUT2D eigenvalue weighted by molar-refractivity contribution is -0.144. The maximum Gasteiger partial charge on any atom is 0.323 e. The quantitative estimate of drug-likeness (QED) is 0.836. The van der Waals surface area contributed by atoms with Crippen molar-refractivity contribution in [3.63, 3.8) is 0 Å². The van der Waals surface area contributed by atoms with E-state index in [0.29, 0.717) is 6.54 Å². The van der Waals surface area contributed by atoms with E-state index in [4.69, 9.17) is 9.84 Å². The predicted molar refractivity (Wildman–Crippen MR) is 80.5 cm³/mol. The molecule has 1 aromatic rings. The number of hydrogen-bond acceptors (Lipinski definition) is 3. The molecule has 0 aromatic heterocycles. The lowest BCUT2D eigenvalue weighted by atomic mass is 10.1. The Morgan fingerprint density at radius 1 is 1.33 bits per heavy atom. The highest BCUT2D eigenvalue weighted by atomic mass is 16.5. The molecule has 0 spiro atoms. The van der Waals surface area contributed by atoms with Crippen molar-refractivity contribution in [1.82, 2.24) is 4.90 Å². The first-order valence-electron chi connectivity index (χ1n) is 6.96. The first-order chi connectivity index (χ1) is 9.83. The van der Waals surface area contributed by atoms with Crippen LogP contribution >= 0.6 is 0 Å². The second-order valence-electron chi connectivity index (χ2n) is 5.54. The minimum atomic E-state index is -0.995. The fraction of sp³-hybridized carbons (Fsp3) is 0.500. The number of rotatable bonds is 7. The molecule has 5 nitrogen and oxygen atoms in total. The molecule has 0 aliphatic carbocycles. The summed E-state index contributed by atoms with van der Waals surface area (Å²) in [7, 11) is 1.59. The third-order valence-electron chi connectivity index (χ3n) is 3.09. The summed E-state index contributed by atoms with van der Waals surface area (Å²) in [6.07, 6.45) is 0.177. The van der Waals surface area contributed by atoms with E-state index in [1.165, 1.54) is 4.90 Å². The second kappa shape index (κ2) is 7.67. The predicted octanol–water partition coefficient (Wildman–Crippen LogP) is 2.12. The zero-order valence-electron chi connectivity index (χ0n) is 13.0. The molecule has 0 radical (unpaired) electrons. The topological polar surface area (TPSA) is 66.8 Å². The Kier molecular flexibility index (Phi) is 6.21. The van der Waals surface area contributed by atoms with Crippen molar-refractivity contribution < 1.29 is 19.4 Å². The minimum Gasteiger partial charge on any atom is -0.496 e. The number of carbonyl (C=O) groups excluding carboxylic acids is 1. The zero-order chi connectivity index (χ0) is 16.0. The van der Waals surface area contributed by atoms with Crippen LogP contribution in [-0.4, -0.2) is 42.1 Å². The summed E-state index contributed by atoms with van der Waals surface area (Å²) in [5.74, 6) is -0.225. The van der Waals surface area contributed by atoms with Gasteiger partial charge in [0.2, 0.25) is 5.91 Å². The van der Waals surface area contributed by atoms with Gasteiger partial charge >= 0.3 is 5.97 Å². The first kappa shape index (κ1) is 17.0. The molecule has 0 bridgehead atoms. The highest BCUT2D eigenvalue weighted by Gasteiger charge is 2.18. The van der Waals surface area contributed by atoms with Crippen LogP contribution in [0.2, 0.25) is 0 Å². The number of amides is 1. The van der Waals surface area contributed by atoms with Gasteiger partial charge in [-0.3, -0.25) is 9.59 Å². The lowest BCUT2D eigenvalue weighted by Crippen LogP contribution is -2.39. The van der Waals surface area contributed by atoms with Gasteiger partial charge in [0.25, 0.3) is 0 Å². The van der Waals surface area contributed by atoms with Crippen LogP contribution in [0, 0.1) is 12.8 Å². The van der Waals surface area contributed by atoms with Crippen LogP contribution in [-0.2, 0) is 16.0 Å². The van der Waals surface area contributed by atoms with Crippen molar-refractivity contribution in [3.8, 4) is 5.75 Å². The SMILES string of the molecule is COc1cc(CC(=O)N(CC(=O)O)CC(C)C)ccc1C. The van der Waals surface area contributed by atoms with Gasteiger partial charge in [-0.25, -0.2) is 0 Å². The van der Waals surface area contributed by atoms with Crippen molar-refractivity contribution in [3.05, 3.63) is 29.3 Å². The minimum absolute atomic E-state index is 0.177. The Hall–Kier alpha value is -2.04. The summed E-state index contributed by atoms with van der Waals surface area (Å²) in [6, 6.07) is 5.58. The molecule has 0 heterocycles. The molecule has 0 aliphatic heterocycles. The van der Waals surface area contributed by atoms with Crippen LogP contribution in [0.5, 0.6) is 5.75 Å². The Balaban J connectivity index is 2.82. The van der Waals surface area contributed by atoms with Crippen molar-refractivity contribution in [2.75, 3.05) is 20.2 Å². The van der Waals surface area contributed by atoms with Crippen LogP contribution in [0.25, 0.3) is 0 Å². The number of methoxy groups -OCH3 is 1. The Bertz CT molecular complexity index is 511. The number of carboxylic acids is 1. The van der Waals surface area contributed by atoms with E-state index in [9.17, 15) is 9.59 Å². The summed E-state index contributed by atoms with van der Waals surface area (Å²) in [6.45, 7) is 6.02. The highest BCUT2D eigenvalue weighted by molar-refractivity contribution is 5.83. The standard InChI is InChI=1S/C16H23NO4/c1-11(2)9-17(10-16(19)20)15(18)8-13-6-5-12(3)14(7-13)21-4/h5-7,11H,8-10H2,1-4H3,(H,19,20). The summed E-state index contributed by atoms with van der Waals surface area (Å²) in [5.41, 5.74) is 1.82. The van der Waals surface area contributed by atoms with Gasteiger partial charge in [0.15, 0.2) is 0 Å². The van der Waals surface area contributed by atoms with E-state index in [1.54, 1.807) is 7.11 Å². The van der Waals surface area contributed by atoms with Gasteiger partial charge in [0.05, 0.1) is 13.5 Å². The molecule has 0 aliphatic rings. The van der Waals surface area contributed by atoms with Gasteiger partial charge in [-0.15, -0.1) is 0 Å². The van der Waals surface area contributed by atoms with Crippen molar-refractivity contribution in [2.45, 2.75) is 27.2 Å². The Morgan fingerprint density at radius 3 is 2.52 bits per heavy atom. The fourth-order valence-electron chi connectivity index (χ4n) is 2.12. The average Bonchev–Trinajstić information content (AvgIpc) is 2.39. The number of aryl methyl sites for hydroxylation is 1. The van der Waals surface area contributed by atoms with Gasteiger partial charge in [-0.1, -0.05) is 26.0 Å². The molecule has 0 unspecified atom stereocenters. The number of hydrogen-bond donors (Lipinski definition) is 1. The number of benzene rings is 1. The molecule has 0 saturated heterocycles. The number of carboxylic acid groups (broad SMARTS) is 1. The van der Waals surface area contributed by atoms with E-state index in [-0.39, 0.29) is 24.8 Å².